The first kappa shape index (κ1) is 19.8. The lowest BCUT2D eigenvalue weighted by Gasteiger charge is -2.15. The van der Waals surface area contributed by atoms with Crippen LogP contribution in [-0.2, 0) is 11.0 Å². The maximum absolute atomic E-state index is 14.5. The zero-order valence-corrected chi connectivity index (χ0v) is 15.3. The van der Waals surface area contributed by atoms with Crippen molar-refractivity contribution < 1.29 is 27.5 Å². The van der Waals surface area contributed by atoms with Crippen LogP contribution in [0, 0.1) is 5.82 Å². The molecular weight excluding hydrogens is 406 g/mol. The van der Waals surface area contributed by atoms with Crippen molar-refractivity contribution in [2.75, 3.05) is 11.9 Å². The van der Waals surface area contributed by atoms with Gasteiger partial charge in [-0.15, -0.1) is 10.2 Å². The molecule has 0 bridgehead atoms. The van der Waals surface area contributed by atoms with Crippen molar-refractivity contribution >= 4 is 22.6 Å². The van der Waals surface area contributed by atoms with E-state index in [1.165, 1.54) is 6.20 Å². The fourth-order valence-electron chi connectivity index (χ4n) is 3.33. The van der Waals surface area contributed by atoms with E-state index in [4.69, 9.17) is 0 Å². The number of halogens is 4. The minimum atomic E-state index is -4.81. The standard InChI is InChI=1S/C19H15F4N5O2/c20-12-6-9(19(21,22)23)7-13(29)15(12)16-11-2-1-5-24-17(11)18(28-27-16)25-8-10-3-4-14(30)26-10/h1-2,5-7,10,29H,3-4,8H2,(H,25,28)(H,26,30)/t10-/m0/s1. The molecule has 3 N–H and O–H groups in total. The Labute approximate surface area is 167 Å². The SMILES string of the molecule is O=C1CC[C@@H](CNc2nnc(-c3c(O)cc(C(F)(F)F)cc3F)c3cccnc23)N1. The molecule has 7 nitrogen and oxygen atoms in total. The highest BCUT2D eigenvalue weighted by Crippen LogP contribution is 2.40. The molecule has 156 valence electrons. The number of carbonyl (C=O) groups is 1. The number of benzene rings is 1. The van der Waals surface area contributed by atoms with E-state index >= 15 is 0 Å². The summed E-state index contributed by atoms with van der Waals surface area (Å²) in [6.45, 7) is 0.366. The van der Waals surface area contributed by atoms with Gasteiger partial charge in [0.2, 0.25) is 5.91 Å². The fraction of sp³-hybridized carbons (Fsp3) is 0.263. The van der Waals surface area contributed by atoms with Crippen LogP contribution in [0.1, 0.15) is 18.4 Å². The number of rotatable bonds is 4. The Morgan fingerprint density at radius 3 is 2.73 bits per heavy atom. The molecule has 0 unspecified atom stereocenters. The fourth-order valence-corrected chi connectivity index (χ4v) is 3.33. The molecule has 3 heterocycles. The molecular formula is C19H15F4N5O2. The molecule has 1 aromatic carbocycles. The minimum absolute atomic E-state index is 0.0422. The number of carbonyl (C=O) groups excluding carboxylic acids is 1. The monoisotopic (exact) mass is 421 g/mol. The zero-order valence-electron chi connectivity index (χ0n) is 15.3. The maximum Gasteiger partial charge on any atom is 0.416 e. The number of hydrogen-bond acceptors (Lipinski definition) is 6. The van der Waals surface area contributed by atoms with Gasteiger partial charge in [0.05, 0.1) is 11.1 Å². The molecule has 0 saturated carbocycles. The number of aromatic nitrogens is 3. The highest BCUT2D eigenvalue weighted by molar-refractivity contribution is 5.98. The molecule has 1 aliphatic rings. The molecule has 1 atom stereocenters. The number of fused-ring (bicyclic) bond motifs is 1. The molecule has 4 rings (SSSR count). The Bertz CT molecular complexity index is 1110. The average molecular weight is 421 g/mol. The number of hydrogen-bond donors (Lipinski definition) is 3. The molecule has 11 heteroatoms. The third kappa shape index (κ3) is 3.70. The van der Waals surface area contributed by atoms with Gasteiger partial charge in [-0.25, -0.2) is 4.39 Å². The summed E-state index contributed by atoms with van der Waals surface area (Å²) >= 11 is 0. The molecule has 0 aliphatic carbocycles. The van der Waals surface area contributed by atoms with Crippen LogP contribution in [-0.4, -0.2) is 38.8 Å². The summed E-state index contributed by atoms with van der Waals surface area (Å²) in [5.74, 6) is -1.96. The van der Waals surface area contributed by atoms with E-state index in [-0.39, 0.29) is 23.5 Å². The number of phenols is 1. The molecule has 1 aliphatic heterocycles. The molecule has 0 spiro atoms. The number of nitrogens with zero attached hydrogens (tertiary/aromatic N) is 3. The zero-order chi connectivity index (χ0) is 21.5. The van der Waals surface area contributed by atoms with E-state index in [9.17, 15) is 27.5 Å². The lowest BCUT2D eigenvalue weighted by molar-refractivity contribution is -0.137. The number of anilines is 1. The van der Waals surface area contributed by atoms with E-state index < -0.39 is 28.9 Å². The Hall–Kier alpha value is -3.50. The molecule has 1 amide bonds. The van der Waals surface area contributed by atoms with Crippen LogP contribution < -0.4 is 10.6 Å². The highest BCUT2D eigenvalue weighted by Gasteiger charge is 2.33. The van der Waals surface area contributed by atoms with Crippen molar-refractivity contribution in [3.05, 3.63) is 41.8 Å². The Morgan fingerprint density at radius 2 is 2.07 bits per heavy atom. The molecule has 30 heavy (non-hydrogen) atoms. The minimum Gasteiger partial charge on any atom is -0.507 e. The molecule has 2 aromatic heterocycles. The summed E-state index contributed by atoms with van der Waals surface area (Å²) in [7, 11) is 0. The van der Waals surface area contributed by atoms with Crippen LogP contribution in [0.5, 0.6) is 5.75 Å². The number of alkyl halides is 3. The smallest absolute Gasteiger partial charge is 0.416 e. The van der Waals surface area contributed by atoms with E-state index in [1.807, 2.05) is 0 Å². The lowest BCUT2D eigenvalue weighted by atomic mass is 10.0. The Morgan fingerprint density at radius 1 is 1.27 bits per heavy atom. The molecule has 3 aromatic rings. The average Bonchev–Trinajstić information content (AvgIpc) is 3.11. The van der Waals surface area contributed by atoms with Gasteiger partial charge in [-0.3, -0.25) is 9.78 Å². The van der Waals surface area contributed by atoms with Crippen LogP contribution >= 0.6 is 0 Å². The normalized spacial score (nSPS) is 16.7. The van der Waals surface area contributed by atoms with Gasteiger partial charge in [0.1, 0.15) is 22.8 Å². The molecule has 0 radical (unpaired) electrons. The van der Waals surface area contributed by atoms with Gasteiger partial charge >= 0.3 is 6.18 Å². The Balaban J connectivity index is 1.74. The summed E-state index contributed by atoms with van der Waals surface area (Å²) in [4.78, 5) is 15.5. The van der Waals surface area contributed by atoms with Gasteiger partial charge < -0.3 is 15.7 Å². The second-order valence-electron chi connectivity index (χ2n) is 6.83. The van der Waals surface area contributed by atoms with Crippen molar-refractivity contribution in [3.63, 3.8) is 0 Å². The van der Waals surface area contributed by atoms with Crippen molar-refractivity contribution in [2.24, 2.45) is 0 Å². The number of pyridine rings is 1. The van der Waals surface area contributed by atoms with Crippen LogP contribution in [0.15, 0.2) is 30.5 Å². The second kappa shape index (κ2) is 7.39. The van der Waals surface area contributed by atoms with E-state index in [0.717, 1.165) is 0 Å². The van der Waals surface area contributed by atoms with Crippen LogP contribution in [0.4, 0.5) is 23.4 Å². The summed E-state index contributed by atoms with van der Waals surface area (Å²) in [6, 6.07) is 3.75. The van der Waals surface area contributed by atoms with Gasteiger partial charge in [-0.1, -0.05) is 0 Å². The van der Waals surface area contributed by atoms with Gasteiger partial charge in [0, 0.05) is 30.6 Å². The highest BCUT2D eigenvalue weighted by atomic mass is 19.4. The summed E-state index contributed by atoms with van der Waals surface area (Å²) < 4.78 is 53.2. The number of amides is 1. The van der Waals surface area contributed by atoms with Crippen LogP contribution in [0.3, 0.4) is 0 Å². The third-order valence-corrected chi connectivity index (χ3v) is 4.77. The van der Waals surface area contributed by atoms with E-state index in [0.29, 0.717) is 42.4 Å². The first-order valence-corrected chi connectivity index (χ1v) is 8.99. The summed E-state index contributed by atoms with van der Waals surface area (Å²) in [5, 5.41) is 24.1. The predicted molar refractivity (Wildman–Crippen MR) is 99.0 cm³/mol. The first-order valence-electron chi connectivity index (χ1n) is 8.99. The lowest BCUT2D eigenvalue weighted by Crippen LogP contribution is -2.32. The summed E-state index contributed by atoms with van der Waals surface area (Å²) in [6.07, 6.45) is -2.25. The predicted octanol–water partition coefficient (Wildman–Crippen LogP) is 3.25. The van der Waals surface area contributed by atoms with Gasteiger partial charge in [0.25, 0.3) is 0 Å². The summed E-state index contributed by atoms with van der Waals surface area (Å²) in [5.41, 5.74) is -1.65. The van der Waals surface area contributed by atoms with Gasteiger partial charge in [0.15, 0.2) is 5.82 Å². The molecule has 1 saturated heterocycles. The second-order valence-corrected chi connectivity index (χ2v) is 6.83. The van der Waals surface area contributed by atoms with Gasteiger partial charge in [-0.05, 0) is 30.7 Å². The first-order chi connectivity index (χ1) is 14.2. The van der Waals surface area contributed by atoms with E-state index in [1.54, 1.807) is 12.1 Å². The number of nitrogens with one attached hydrogen (secondary N) is 2. The van der Waals surface area contributed by atoms with E-state index in [2.05, 4.69) is 25.8 Å². The third-order valence-electron chi connectivity index (χ3n) is 4.77. The largest absolute Gasteiger partial charge is 0.507 e. The molecule has 1 fully saturated rings. The van der Waals surface area contributed by atoms with Crippen molar-refractivity contribution in [1.82, 2.24) is 20.5 Å². The number of phenolic OH excluding ortho intramolecular Hbond substituents is 1. The van der Waals surface area contributed by atoms with Crippen LogP contribution in [0.25, 0.3) is 22.2 Å². The quantitative estimate of drug-likeness (QED) is 0.560. The van der Waals surface area contributed by atoms with Crippen molar-refractivity contribution in [3.8, 4) is 17.0 Å². The maximum atomic E-state index is 14.5. The van der Waals surface area contributed by atoms with Crippen LogP contribution in [0.2, 0.25) is 0 Å². The Kier molecular flexibility index (Phi) is 4.88. The van der Waals surface area contributed by atoms with Crippen molar-refractivity contribution in [1.29, 1.82) is 0 Å². The van der Waals surface area contributed by atoms with Crippen molar-refractivity contribution in [2.45, 2.75) is 25.1 Å². The topological polar surface area (TPSA) is 100 Å². The van der Waals surface area contributed by atoms with Gasteiger partial charge in [-0.2, -0.15) is 13.2 Å². The number of aromatic hydroxyl groups is 1.